The van der Waals surface area contributed by atoms with Gasteiger partial charge in [-0.05, 0) is 45.4 Å². The van der Waals surface area contributed by atoms with Crippen LogP contribution in [0.1, 0.15) is 35.2 Å². The molecule has 1 aromatic heterocycles. The summed E-state index contributed by atoms with van der Waals surface area (Å²) in [6.07, 6.45) is 1.02. The summed E-state index contributed by atoms with van der Waals surface area (Å²) in [6, 6.07) is 12.4. The molecular formula is C16H21NOS. The van der Waals surface area contributed by atoms with E-state index in [-0.39, 0.29) is 6.04 Å². The fourth-order valence-electron chi connectivity index (χ4n) is 2.33. The van der Waals surface area contributed by atoms with Crippen LogP contribution in [0, 0.1) is 6.92 Å². The predicted octanol–water partition coefficient (Wildman–Crippen LogP) is 4.04. The number of thiophene rings is 1. The largest absolute Gasteiger partial charge is 0.508 e. The third-order valence-electron chi connectivity index (χ3n) is 3.24. The first-order chi connectivity index (χ1) is 9.06. The maximum atomic E-state index is 9.85. The lowest BCUT2D eigenvalue weighted by molar-refractivity contribution is 0.434. The number of hydrogen-bond acceptors (Lipinski definition) is 3. The molecule has 102 valence electrons. The molecule has 2 rings (SSSR count). The molecule has 0 bridgehead atoms. The molecule has 3 heteroatoms. The van der Waals surface area contributed by atoms with E-state index in [1.165, 1.54) is 9.75 Å². The molecule has 0 amide bonds. The van der Waals surface area contributed by atoms with E-state index in [1.54, 1.807) is 6.07 Å². The minimum Gasteiger partial charge on any atom is -0.508 e. The Morgan fingerprint density at radius 1 is 1.16 bits per heavy atom. The highest BCUT2D eigenvalue weighted by molar-refractivity contribution is 7.11. The number of hydrogen-bond donors (Lipinski definition) is 2. The monoisotopic (exact) mass is 275 g/mol. The van der Waals surface area contributed by atoms with E-state index in [1.807, 2.05) is 29.5 Å². The van der Waals surface area contributed by atoms with Crippen LogP contribution in [0.5, 0.6) is 5.75 Å². The maximum Gasteiger partial charge on any atom is 0.120 e. The summed E-state index contributed by atoms with van der Waals surface area (Å²) in [5.74, 6) is 0.363. The second-order valence-corrected chi connectivity index (χ2v) is 6.44. The molecule has 0 saturated carbocycles. The Morgan fingerprint density at radius 2 is 1.89 bits per heavy atom. The molecule has 0 saturated heterocycles. The third-order valence-corrected chi connectivity index (χ3v) is 4.26. The van der Waals surface area contributed by atoms with E-state index >= 15 is 0 Å². The number of aromatic hydroxyl groups is 1. The quantitative estimate of drug-likeness (QED) is 0.863. The molecule has 1 heterocycles. The predicted molar refractivity (Wildman–Crippen MR) is 81.9 cm³/mol. The van der Waals surface area contributed by atoms with Gasteiger partial charge < -0.3 is 10.4 Å². The zero-order valence-corrected chi connectivity index (χ0v) is 12.5. The lowest BCUT2D eigenvalue weighted by Gasteiger charge is -2.20. The van der Waals surface area contributed by atoms with Crippen molar-refractivity contribution in [3.8, 4) is 5.75 Å². The van der Waals surface area contributed by atoms with Crippen LogP contribution in [0.25, 0.3) is 0 Å². The van der Waals surface area contributed by atoms with Gasteiger partial charge in [0.25, 0.3) is 0 Å². The fraction of sp³-hybridized carbons (Fsp3) is 0.375. The molecule has 2 nitrogen and oxygen atoms in total. The minimum absolute atomic E-state index is 0.150. The molecule has 0 spiro atoms. The molecule has 0 fully saturated rings. The van der Waals surface area contributed by atoms with E-state index in [9.17, 15) is 5.11 Å². The molecule has 0 aliphatic carbocycles. The number of phenolic OH excluding ortho intramolecular Hbond substituents is 1. The van der Waals surface area contributed by atoms with Crippen molar-refractivity contribution in [3.05, 3.63) is 51.7 Å². The molecule has 2 atom stereocenters. The van der Waals surface area contributed by atoms with Crippen molar-refractivity contribution >= 4 is 11.3 Å². The summed E-state index contributed by atoms with van der Waals surface area (Å²) < 4.78 is 0. The SMILES string of the molecule is Cc1ccc(CC(C)NC(C)c2ccccc2O)s1. The number of nitrogens with one attached hydrogen (secondary N) is 1. The van der Waals surface area contributed by atoms with Gasteiger partial charge in [0.15, 0.2) is 0 Å². The Hall–Kier alpha value is -1.32. The minimum atomic E-state index is 0.150. The van der Waals surface area contributed by atoms with Crippen molar-refractivity contribution < 1.29 is 5.11 Å². The summed E-state index contributed by atoms with van der Waals surface area (Å²) >= 11 is 1.85. The molecule has 2 N–H and O–H groups in total. The Labute approximate surface area is 119 Å². The lowest BCUT2D eigenvalue weighted by atomic mass is 10.1. The van der Waals surface area contributed by atoms with Crippen LogP contribution in [0.3, 0.4) is 0 Å². The van der Waals surface area contributed by atoms with Crippen molar-refractivity contribution in [2.75, 3.05) is 0 Å². The van der Waals surface area contributed by atoms with Crippen molar-refractivity contribution in [2.45, 2.75) is 39.3 Å². The average Bonchev–Trinajstić information content (AvgIpc) is 2.74. The second-order valence-electron chi connectivity index (χ2n) is 5.06. The molecule has 2 aromatic rings. The van der Waals surface area contributed by atoms with Crippen molar-refractivity contribution in [1.82, 2.24) is 5.32 Å². The van der Waals surface area contributed by atoms with Crippen LogP contribution >= 0.6 is 11.3 Å². The van der Waals surface area contributed by atoms with E-state index in [0.717, 1.165) is 12.0 Å². The van der Waals surface area contributed by atoms with Crippen molar-refractivity contribution in [2.24, 2.45) is 0 Å². The zero-order chi connectivity index (χ0) is 13.8. The number of para-hydroxylation sites is 1. The highest BCUT2D eigenvalue weighted by Gasteiger charge is 2.13. The number of aryl methyl sites for hydroxylation is 1. The van der Waals surface area contributed by atoms with E-state index in [4.69, 9.17) is 0 Å². The van der Waals surface area contributed by atoms with Gasteiger partial charge in [0.05, 0.1) is 0 Å². The summed E-state index contributed by atoms with van der Waals surface area (Å²) in [7, 11) is 0. The van der Waals surface area contributed by atoms with Gasteiger partial charge in [-0.15, -0.1) is 11.3 Å². The van der Waals surface area contributed by atoms with Crippen molar-refractivity contribution in [1.29, 1.82) is 0 Å². The van der Waals surface area contributed by atoms with E-state index in [0.29, 0.717) is 11.8 Å². The highest BCUT2D eigenvalue weighted by atomic mass is 32.1. The van der Waals surface area contributed by atoms with Gasteiger partial charge >= 0.3 is 0 Å². The average molecular weight is 275 g/mol. The van der Waals surface area contributed by atoms with Gasteiger partial charge in [-0.3, -0.25) is 0 Å². The lowest BCUT2D eigenvalue weighted by Crippen LogP contribution is -2.30. The second kappa shape index (κ2) is 6.22. The molecule has 19 heavy (non-hydrogen) atoms. The highest BCUT2D eigenvalue weighted by Crippen LogP contribution is 2.24. The Morgan fingerprint density at radius 3 is 2.53 bits per heavy atom. The summed E-state index contributed by atoms with van der Waals surface area (Å²) in [5, 5.41) is 13.4. The van der Waals surface area contributed by atoms with Crippen LogP contribution in [0.2, 0.25) is 0 Å². The van der Waals surface area contributed by atoms with Crippen LogP contribution in [-0.4, -0.2) is 11.1 Å². The van der Waals surface area contributed by atoms with Crippen LogP contribution in [0.15, 0.2) is 36.4 Å². The summed E-state index contributed by atoms with van der Waals surface area (Å²) in [4.78, 5) is 2.76. The summed E-state index contributed by atoms with van der Waals surface area (Å²) in [5.41, 5.74) is 0.955. The van der Waals surface area contributed by atoms with Gasteiger partial charge in [0.2, 0.25) is 0 Å². The van der Waals surface area contributed by atoms with Crippen LogP contribution < -0.4 is 5.32 Å². The Balaban J connectivity index is 1.95. The smallest absolute Gasteiger partial charge is 0.120 e. The van der Waals surface area contributed by atoms with Gasteiger partial charge in [-0.1, -0.05) is 18.2 Å². The first kappa shape index (κ1) is 14.1. The van der Waals surface area contributed by atoms with E-state index in [2.05, 4.69) is 38.2 Å². The molecule has 0 aliphatic rings. The van der Waals surface area contributed by atoms with Crippen LogP contribution in [0.4, 0.5) is 0 Å². The first-order valence-electron chi connectivity index (χ1n) is 6.65. The van der Waals surface area contributed by atoms with Gasteiger partial charge in [-0.2, -0.15) is 0 Å². The normalized spacial score (nSPS) is 14.3. The van der Waals surface area contributed by atoms with Gasteiger partial charge in [0, 0.05) is 27.4 Å². The van der Waals surface area contributed by atoms with Crippen LogP contribution in [-0.2, 0) is 6.42 Å². The van der Waals surface area contributed by atoms with Gasteiger partial charge in [0.1, 0.15) is 5.75 Å². The van der Waals surface area contributed by atoms with Crippen molar-refractivity contribution in [3.63, 3.8) is 0 Å². The standard InChI is InChI=1S/C16H21NOS/c1-11(10-14-9-8-12(2)19-14)17-13(3)15-6-4-5-7-16(15)18/h4-9,11,13,17-18H,10H2,1-3H3. The molecule has 2 unspecified atom stereocenters. The maximum absolute atomic E-state index is 9.85. The molecule has 1 aromatic carbocycles. The fourth-order valence-corrected chi connectivity index (χ4v) is 3.34. The number of benzene rings is 1. The molecular weight excluding hydrogens is 254 g/mol. The third kappa shape index (κ3) is 3.82. The topological polar surface area (TPSA) is 32.3 Å². The number of rotatable bonds is 5. The number of phenols is 1. The molecule has 0 aliphatic heterocycles. The summed E-state index contributed by atoms with van der Waals surface area (Å²) in [6.45, 7) is 6.41. The Bertz CT molecular complexity index is 535. The zero-order valence-electron chi connectivity index (χ0n) is 11.7. The molecule has 0 radical (unpaired) electrons. The van der Waals surface area contributed by atoms with E-state index < -0.39 is 0 Å². The first-order valence-corrected chi connectivity index (χ1v) is 7.47. The Kier molecular flexibility index (Phi) is 4.61. The van der Waals surface area contributed by atoms with Gasteiger partial charge in [-0.25, -0.2) is 0 Å².